The van der Waals surface area contributed by atoms with Crippen LogP contribution in [0, 0.1) is 0 Å². The van der Waals surface area contributed by atoms with E-state index in [-0.39, 0.29) is 0 Å². The fourth-order valence-electron chi connectivity index (χ4n) is 2.36. The Hall–Kier alpha value is -2.53. The van der Waals surface area contributed by atoms with Crippen LogP contribution in [0.15, 0.2) is 43.0 Å². The molecule has 5 nitrogen and oxygen atoms in total. The number of H-pyrrole nitrogens is 1. The van der Waals surface area contributed by atoms with Gasteiger partial charge < -0.3 is 0 Å². The molecule has 0 amide bonds. The molecule has 3 aromatic heterocycles. The molecular weight excluding hydrogens is 274 g/mol. The normalized spacial score (nSPS) is 11.2. The highest BCUT2D eigenvalue weighted by Crippen LogP contribution is 2.32. The zero-order valence-electron chi connectivity index (χ0n) is 10.2. The third-order valence-electron chi connectivity index (χ3n) is 3.25. The molecular formula is C14H8ClN5. The first-order valence-corrected chi connectivity index (χ1v) is 6.40. The van der Waals surface area contributed by atoms with Crippen molar-refractivity contribution in [2.75, 3.05) is 0 Å². The Morgan fingerprint density at radius 3 is 2.85 bits per heavy atom. The second-order valence-corrected chi connectivity index (χ2v) is 4.72. The SMILES string of the molecule is Clc1nc2c(-c3ncn[nH]3)cccc2c2cnccc12. The van der Waals surface area contributed by atoms with E-state index in [0.29, 0.717) is 11.0 Å². The minimum atomic E-state index is 0.460. The smallest absolute Gasteiger partial charge is 0.157 e. The number of hydrogen-bond donors (Lipinski definition) is 1. The minimum Gasteiger partial charge on any atom is -0.264 e. The number of aromatic nitrogens is 5. The van der Waals surface area contributed by atoms with E-state index in [9.17, 15) is 0 Å². The number of halogens is 1. The monoisotopic (exact) mass is 281 g/mol. The van der Waals surface area contributed by atoms with Crippen molar-refractivity contribution < 1.29 is 0 Å². The molecule has 96 valence electrons. The summed E-state index contributed by atoms with van der Waals surface area (Å²) in [4.78, 5) is 12.9. The molecule has 20 heavy (non-hydrogen) atoms. The van der Waals surface area contributed by atoms with Crippen molar-refractivity contribution >= 4 is 33.3 Å². The Morgan fingerprint density at radius 2 is 2.00 bits per heavy atom. The van der Waals surface area contributed by atoms with Crippen LogP contribution in [0.4, 0.5) is 0 Å². The second kappa shape index (κ2) is 4.25. The molecule has 0 spiro atoms. The maximum atomic E-state index is 6.28. The van der Waals surface area contributed by atoms with E-state index in [0.717, 1.165) is 27.2 Å². The number of benzene rings is 1. The van der Waals surface area contributed by atoms with Gasteiger partial charge in [-0.05, 0) is 12.1 Å². The second-order valence-electron chi connectivity index (χ2n) is 4.36. The third-order valence-corrected chi connectivity index (χ3v) is 3.54. The maximum Gasteiger partial charge on any atom is 0.157 e. The van der Waals surface area contributed by atoms with E-state index in [1.807, 2.05) is 24.3 Å². The summed E-state index contributed by atoms with van der Waals surface area (Å²) in [5, 5.41) is 10.1. The van der Waals surface area contributed by atoms with Gasteiger partial charge in [-0.3, -0.25) is 10.1 Å². The molecule has 1 N–H and O–H groups in total. The van der Waals surface area contributed by atoms with E-state index in [1.165, 1.54) is 6.33 Å². The molecule has 1 aromatic carbocycles. The Balaban J connectivity index is 2.19. The van der Waals surface area contributed by atoms with Crippen molar-refractivity contribution in [2.45, 2.75) is 0 Å². The zero-order chi connectivity index (χ0) is 13.5. The lowest BCUT2D eigenvalue weighted by atomic mass is 10.0. The molecule has 4 rings (SSSR count). The maximum absolute atomic E-state index is 6.28. The van der Waals surface area contributed by atoms with Crippen LogP contribution in [-0.2, 0) is 0 Å². The van der Waals surface area contributed by atoms with E-state index < -0.39 is 0 Å². The van der Waals surface area contributed by atoms with Crippen molar-refractivity contribution in [3.8, 4) is 11.4 Å². The van der Waals surface area contributed by atoms with Gasteiger partial charge >= 0.3 is 0 Å². The van der Waals surface area contributed by atoms with E-state index >= 15 is 0 Å². The number of para-hydroxylation sites is 1. The van der Waals surface area contributed by atoms with Crippen molar-refractivity contribution in [1.29, 1.82) is 0 Å². The summed E-state index contributed by atoms with van der Waals surface area (Å²) in [6, 6.07) is 7.77. The van der Waals surface area contributed by atoms with Gasteiger partial charge in [-0.1, -0.05) is 23.7 Å². The first kappa shape index (κ1) is 11.3. The molecule has 6 heteroatoms. The number of hydrogen-bond acceptors (Lipinski definition) is 4. The summed E-state index contributed by atoms with van der Waals surface area (Å²) < 4.78 is 0. The first-order valence-electron chi connectivity index (χ1n) is 6.02. The van der Waals surface area contributed by atoms with Gasteiger partial charge in [-0.2, -0.15) is 5.10 Å². The molecule has 0 saturated heterocycles. The highest BCUT2D eigenvalue weighted by Gasteiger charge is 2.12. The number of aromatic amines is 1. The lowest BCUT2D eigenvalue weighted by Crippen LogP contribution is -1.90. The summed E-state index contributed by atoms with van der Waals surface area (Å²) in [6.45, 7) is 0. The van der Waals surface area contributed by atoms with Crippen LogP contribution in [0.1, 0.15) is 0 Å². The fraction of sp³-hybridized carbons (Fsp3) is 0. The summed E-state index contributed by atoms with van der Waals surface area (Å²) in [6.07, 6.45) is 4.98. The van der Waals surface area contributed by atoms with Gasteiger partial charge in [0.2, 0.25) is 0 Å². The van der Waals surface area contributed by atoms with Crippen LogP contribution in [0.5, 0.6) is 0 Å². The van der Waals surface area contributed by atoms with E-state index in [4.69, 9.17) is 11.6 Å². The number of pyridine rings is 2. The van der Waals surface area contributed by atoms with Gasteiger partial charge in [0.25, 0.3) is 0 Å². The molecule has 0 aliphatic heterocycles. The number of nitrogens with one attached hydrogen (secondary N) is 1. The Morgan fingerprint density at radius 1 is 1.05 bits per heavy atom. The lowest BCUT2D eigenvalue weighted by molar-refractivity contribution is 1.10. The highest BCUT2D eigenvalue weighted by atomic mass is 35.5. The topological polar surface area (TPSA) is 67.3 Å². The molecule has 0 radical (unpaired) electrons. The molecule has 0 aliphatic rings. The first-order chi connectivity index (χ1) is 9.84. The van der Waals surface area contributed by atoms with Crippen LogP contribution >= 0.6 is 11.6 Å². The van der Waals surface area contributed by atoms with Gasteiger partial charge in [0.05, 0.1) is 5.52 Å². The van der Waals surface area contributed by atoms with Crippen LogP contribution in [0.25, 0.3) is 33.1 Å². The van der Waals surface area contributed by atoms with Crippen molar-refractivity contribution in [3.63, 3.8) is 0 Å². The minimum absolute atomic E-state index is 0.460. The number of rotatable bonds is 1. The average molecular weight is 282 g/mol. The molecule has 0 saturated carbocycles. The van der Waals surface area contributed by atoms with Crippen LogP contribution in [0.2, 0.25) is 5.15 Å². The molecule has 3 heterocycles. The highest BCUT2D eigenvalue weighted by molar-refractivity contribution is 6.36. The van der Waals surface area contributed by atoms with Crippen LogP contribution < -0.4 is 0 Å². The lowest BCUT2D eigenvalue weighted by Gasteiger charge is -2.07. The quantitative estimate of drug-likeness (QED) is 0.430. The Labute approximate surface area is 118 Å². The van der Waals surface area contributed by atoms with Crippen LogP contribution in [0.3, 0.4) is 0 Å². The van der Waals surface area contributed by atoms with E-state index in [2.05, 4.69) is 25.1 Å². The molecule has 0 aliphatic carbocycles. The van der Waals surface area contributed by atoms with E-state index in [1.54, 1.807) is 12.4 Å². The number of nitrogens with zero attached hydrogens (tertiary/aromatic N) is 4. The molecule has 0 bridgehead atoms. The van der Waals surface area contributed by atoms with Gasteiger partial charge in [0.15, 0.2) is 5.82 Å². The predicted octanol–water partition coefficient (Wildman–Crippen LogP) is 3.22. The molecule has 0 fully saturated rings. The largest absolute Gasteiger partial charge is 0.264 e. The predicted molar refractivity (Wildman–Crippen MR) is 77.4 cm³/mol. The standard InChI is InChI=1S/C14H8ClN5/c15-13-9-4-5-16-6-11(9)8-2-1-3-10(12(8)19-13)14-17-7-18-20-14/h1-7H,(H,17,18,20). The summed E-state index contributed by atoms with van der Waals surface area (Å²) in [7, 11) is 0. The average Bonchev–Trinajstić information content (AvgIpc) is 3.01. The summed E-state index contributed by atoms with van der Waals surface area (Å²) in [5.74, 6) is 0.669. The van der Waals surface area contributed by atoms with Crippen molar-refractivity contribution in [3.05, 3.63) is 48.1 Å². The van der Waals surface area contributed by atoms with Crippen molar-refractivity contribution in [2.24, 2.45) is 0 Å². The van der Waals surface area contributed by atoms with Crippen LogP contribution in [-0.4, -0.2) is 25.1 Å². The summed E-state index contributed by atoms with van der Waals surface area (Å²) >= 11 is 6.28. The van der Waals surface area contributed by atoms with Gasteiger partial charge in [-0.25, -0.2) is 9.97 Å². The Kier molecular flexibility index (Phi) is 2.40. The molecule has 4 aromatic rings. The fourth-order valence-corrected chi connectivity index (χ4v) is 2.60. The third kappa shape index (κ3) is 1.57. The van der Waals surface area contributed by atoms with Gasteiger partial charge in [0.1, 0.15) is 11.5 Å². The van der Waals surface area contributed by atoms with Gasteiger partial charge in [-0.15, -0.1) is 0 Å². The van der Waals surface area contributed by atoms with Crippen molar-refractivity contribution in [1.82, 2.24) is 25.1 Å². The number of fused-ring (bicyclic) bond motifs is 3. The Bertz CT molecular complexity index is 918. The summed E-state index contributed by atoms with van der Waals surface area (Å²) in [5.41, 5.74) is 1.66. The molecule has 0 atom stereocenters. The molecule has 0 unspecified atom stereocenters. The zero-order valence-corrected chi connectivity index (χ0v) is 11.0. The van der Waals surface area contributed by atoms with Gasteiger partial charge in [0, 0.05) is 34.1 Å².